The zero-order chi connectivity index (χ0) is 27.0. The molecule has 0 radical (unpaired) electrons. The van der Waals surface area contributed by atoms with Crippen molar-refractivity contribution in [2.75, 3.05) is 6.61 Å². The number of epoxide rings is 1. The molecule has 0 unspecified atom stereocenters. The molecular formula is C25H33NO11. The van der Waals surface area contributed by atoms with Gasteiger partial charge in [-0.2, -0.15) is 0 Å². The van der Waals surface area contributed by atoms with Gasteiger partial charge in [0.05, 0.1) is 18.1 Å². The van der Waals surface area contributed by atoms with E-state index in [2.05, 4.69) is 4.98 Å². The van der Waals surface area contributed by atoms with Crippen molar-refractivity contribution >= 4 is 5.97 Å². The summed E-state index contributed by atoms with van der Waals surface area (Å²) in [5.74, 6) is -4.16. The second kappa shape index (κ2) is 5.93. The van der Waals surface area contributed by atoms with Crippen LogP contribution in [-0.2, 0) is 14.2 Å². The number of aliphatic hydroxyl groups excluding tert-OH is 2. The Bertz CT molecular complexity index is 1240. The lowest BCUT2D eigenvalue weighted by Crippen LogP contribution is -2.77. The topological polar surface area (TPSA) is 205 Å². The molecule has 6 bridgehead atoms. The predicted octanol–water partition coefficient (Wildman–Crippen LogP) is -2.08. The van der Waals surface area contributed by atoms with Crippen molar-refractivity contribution in [3.8, 4) is 0 Å². The number of ether oxygens (including phenoxy) is 3. The highest BCUT2D eigenvalue weighted by molar-refractivity contribution is 5.87. The van der Waals surface area contributed by atoms with Crippen LogP contribution in [0, 0.1) is 16.7 Å². The lowest BCUT2D eigenvalue weighted by molar-refractivity contribution is -0.387. The van der Waals surface area contributed by atoms with Gasteiger partial charge in [-0.15, -0.1) is 0 Å². The molecule has 12 heteroatoms. The summed E-state index contributed by atoms with van der Waals surface area (Å²) in [6.45, 7) is 5.23. The highest BCUT2D eigenvalue weighted by Gasteiger charge is 3.11. The number of aromatic amines is 1. The monoisotopic (exact) mass is 523 g/mol. The number of rotatable bonds is 4. The van der Waals surface area contributed by atoms with E-state index in [1.54, 1.807) is 19.9 Å². The van der Waals surface area contributed by atoms with Gasteiger partial charge in [-0.05, 0) is 25.0 Å². The molecular weight excluding hydrogens is 490 g/mol. The Morgan fingerprint density at radius 3 is 2.46 bits per heavy atom. The number of aliphatic hydroxyl groups is 7. The Kier molecular flexibility index (Phi) is 3.92. The first-order valence-electron chi connectivity index (χ1n) is 12.6. The number of hydrogen-bond acceptors (Lipinski definition) is 11. The quantitative estimate of drug-likeness (QED) is 0.159. The molecule has 0 amide bonds. The second-order valence-electron chi connectivity index (χ2n) is 12.8. The lowest BCUT2D eigenvalue weighted by atomic mass is 9.52. The molecule has 204 valence electrons. The fraction of sp³-hybridized carbons (Fsp3) is 0.800. The molecule has 3 saturated heterocycles. The zero-order valence-corrected chi connectivity index (χ0v) is 20.9. The molecule has 8 N–H and O–H groups in total. The SMILES string of the molecule is CC(C)[C@@]1(O)[C@@H](OC(=O)c2ccc[nH]2)[C@@]2(O)[C@@]3(C)C[C@@]4(O)O[C@@]5([C@@H](O)[C@]6(CO)O[C@@H]6C[C@]35O)[C@@]2(O)[C@@]41C. The summed E-state index contributed by atoms with van der Waals surface area (Å²) in [6, 6.07) is 3.00. The Morgan fingerprint density at radius 2 is 1.89 bits per heavy atom. The average molecular weight is 524 g/mol. The Labute approximate surface area is 211 Å². The van der Waals surface area contributed by atoms with Crippen molar-refractivity contribution in [3.63, 3.8) is 0 Å². The van der Waals surface area contributed by atoms with Gasteiger partial charge in [0, 0.05) is 24.5 Å². The van der Waals surface area contributed by atoms with E-state index in [0.717, 1.165) is 0 Å². The van der Waals surface area contributed by atoms with E-state index in [4.69, 9.17) is 14.2 Å². The molecule has 4 heterocycles. The van der Waals surface area contributed by atoms with Gasteiger partial charge < -0.3 is 54.9 Å². The number of H-pyrrole nitrogens is 1. The van der Waals surface area contributed by atoms with Crippen LogP contribution in [0.2, 0.25) is 0 Å². The first kappa shape index (κ1) is 24.4. The average Bonchev–Trinajstić information content (AvgIpc) is 3.15. The smallest absolute Gasteiger partial charge is 0.355 e. The fourth-order valence-electron chi connectivity index (χ4n) is 9.97. The van der Waals surface area contributed by atoms with E-state index in [1.165, 1.54) is 26.1 Å². The number of aromatic nitrogens is 1. The summed E-state index contributed by atoms with van der Waals surface area (Å²) in [7, 11) is 0. The summed E-state index contributed by atoms with van der Waals surface area (Å²) in [6.07, 6.45) is -3.82. The molecule has 1 aromatic heterocycles. The lowest BCUT2D eigenvalue weighted by Gasteiger charge is -2.59. The summed E-state index contributed by atoms with van der Waals surface area (Å²) in [5, 5.41) is 84.7. The van der Waals surface area contributed by atoms with Crippen LogP contribution in [-0.4, -0.2) is 111 Å². The van der Waals surface area contributed by atoms with Crippen molar-refractivity contribution in [1.82, 2.24) is 4.98 Å². The Morgan fingerprint density at radius 1 is 1.22 bits per heavy atom. The normalized spacial score (nSPS) is 62.1. The summed E-state index contributed by atoms with van der Waals surface area (Å²) >= 11 is 0. The minimum Gasteiger partial charge on any atom is -0.451 e. The second-order valence-corrected chi connectivity index (χ2v) is 12.8. The van der Waals surface area contributed by atoms with E-state index >= 15 is 0 Å². The Balaban J connectivity index is 1.55. The summed E-state index contributed by atoms with van der Waals surface area (Å²) in [5.41, 5.74) is -18.1. The summed E-state index contributed by atoms with van der Waals surface area (Å²) in [4.78, 5) is 15.9. The predicted molar refractivity (Wildman–Crippen MR) is 120 cm³/mol. The Hall–Kier alpha value is -1.61. The molecule has 12 nitrogen and oxygen atoms in total. The number of carbonyl (C=O) groups excluding carboxylic acids is 1. The van der Waals surface area contributed by atoms with Gasteiger partial charge in [0.25, 0.3) is 0 Å². The van der Waals surface area contributed by atoms with Gasteiger partial charge in [0.2, 0.25) is 0 Å². The number of hydrogen-bond donors (Lipinski definition) is 8. The van der Waals surface area contributed by atoms with Crippen LogP contribution in [0.5, 0.6) is 0 Å². The van der Waals surface area contributed by atoms with E-state index in [9.17, 15) is 40.5 Å². The van der Waals surface area contributed by atoms with E-state index in [0.29, 0.717) is 0 Å². The van der Waals surface area contributed by atoms with Gasteiger partial charge in [-0.1, -0.05) is 20.8 Å². The molecule has 3 aliphatic heterocycles. The standard InChI is InChI=1S/C25H33NO11/c1-11(2)22(32)16(35-14(28)12-6-5-7-26-12)23(33)17(3)9-21(31)18(22,4)25(23,34)24(37-21)15(29)19(10-27)13(36-19)8-20(17,24)30/h5-7,11,13,15-16,26-27,29-34H,8-10H2,1-4H3/t13-,15+,16-,17+,18+,19-,20+,21-,22-,23-,24-,25-/m1/s1. The van der Waals surface area contributed by atoms with Crippen LogP contribution in [0.3, 0.4) is 0 Å². The summed E-state index contributed by atoms with van der Waals surface area (Å²) < 4.78 is 17.7. The van der Waals surface area contributed by atoms with Gasteiger partial charge in [0.1, 0.15) is 39.8 Å². The highest BCUT2D eigenvalue weighted by Crippen LogP contribution is 2.91. The largest absolute Gasteiger partial charge is 0.451 e. The van der Waals surface area contributed by atoms with Crippen molar-refractivity contribution in [2.24, 2.45) is 16.7 Å². The van der Waals surface area contributed by atoms with Crippen molar-refractivity contribution in [2.45, 2.75) is 98.2 Å². The molecule has 0 aromatic carbocycles. The third kappa shape index (κ3) is 1.73. The van der Waals surface area contributed by atoms with E-state index in [-0.39, 0.29) is 12.1 Å². The van der Waals surface area contributed by atoms with Crippen molar-refractivity contribution in [1.29, 1.82) is 0 Å². The molecule has 4 saturated carbocycles. The van der Waals surface area contributed by atoms with Crippen LogP contribution in [0.25, 0.3) is 0 Å². The highest BCUT2D eigenvalue weighted by atomic mass is 16.7. The van der Waals surface area contributed by atoms with Crippen LogP contribution in [0.15, 0.2) is 18.3 Å². The van der Waals surface area contributed by atoms with Gasteiger partial charge in [-0.25, -0.2) is 4.79 Å². The van der Waals surface area contributed by atoms with E-state index < -0.39 is 93.5 Å². The van der Waals surface area contributed by atoms with Gasteiger partial charge in [0.15, 0.2) is 17.5 Å². The number of nitrogens with one attached hydrogen (secondary N) is 1. The molecule has 8 rings (SSSR count). The zero-order valence-electron chi connectivity index (χ0n) is 20.9. The van der Waals surface area contributed by atoms with E-state index in [1.807, 2.05) is 0 Å². The molecule has 4 aliphatic carbocycles. The maximum Gasteiger partial charge on any atom is 0.355 e. The maximum atomic E-state index is 13.2. The van der Waals surface area contributed by atoms with Crippen LogP contribution in [0.4, 0.5) is 0 Å². The number of carbonyl (C=O) groups is 1. The molecule has 12 atom stereocenters. The third-order valence-electron chi connectivity index (χ3n) is 11.8. The molecule has 37 heavy (non-hydrogen) atoms. The minimum absolute atomic E-state index is 0.0223. The fourth-order valence-corrected chi connectivity index (χ4v) is 9.97. The van der Waals surface area contributed by atoms with Crippen LogP contribution in [0.1, 0.15) is 51.0 Å². The number of esters is 1. The third-order valence-corrected chi connectivity index (χ3v) is 11.8. The number of fused-ring (bicyclic) bond motifs is 1. The molecule has 1 spiro atoms. The maximum absolute atomic E-state index is 13.2. The van der Waals surface area contributed by atoms with Crippen LogP contribution < -0.4 is 0 Å². The molecule has 7 fully saturated rings. The van der Waals surface area contributed by atoms with Crippen LogP contribution >= 0.6 is 0 Å². The minimum atomic E-state index is -2.78. The molecule has 1 aromatic rings. The van der Waals surface area contributed by atoms with Crippen molar-refractivity contribution < 1.29 is 54.8 Å². The molecule has 7 aliphatic rings. The van der Waals surface area contributed by atoms with Crippen molar-refractivity contribution in [3.05, 3.63) is 24.0 Å². The van der Waals surface area contributed by atoms with Gasteiger partial charge >= 0.3 is 5.97 Å². The van der Waals surface area contributed by atoms with Gasteiger partial charge in [-0.3, -0.25) is 0 Å². The first-order valence-corrected chi connectivity index (χ1v) is 12.6. The first-order chi connectivity index (χ1) is 17.0.